The van der Waals surface area contributed by atoms with Gasteiger partial charge in [0.25, 0.3) is 0 Å². The van der Waals surface area contributed by atoms with E-state index in [1.165, 1.54) is 26.9 Å². The van der Waals surface area contributed by atoms with Crippen molar-refractivity contribution in [2.24, 2.45) is 39.9 Å². The van der Waals surface area contributed by atoms with Crippen LogP contribution in [0.25, 0.3) is 0 Å². The standard InChI is InChI=1S/C24H38O6/c1-14(25)30-19-12-18-22(2,3)10-7-11-23(18,4)17-9-8-15(20(26)27-5)16-13-29-21(28-6)24(16,17)19/h15-19,21H,7-13H2,1-6H3/t15-,16-,17-,18+,19-,21+,23-,24-/m1/s1. The molecule has 3 aliphatic carbocycles. The quantitative estimate of drug-likeness (QED) is 0.641. The first-order valence-corrected chi connectivity index (χ1v) is 11.5. The maximum atomic E-state index is 12.7. The summed E-state index contributed by atoms with van der Waals surface area (Å²) in [6.07, 6.45) is 5.25. The maximum absolute atomic E-state index is 12.7. The van der Waals surface area contributed by atoms with Gasteiger partial charge in [0.2, 0.25) is 0 Å². The van der Waals surface area contributed by atoms with Crippen molar-refractivity contribution in [3.05, 3.63) is 0 Å². The van der Waals surface area contributed by atoms with Gasteiger partial charge < -0.3 is 18.9 Å². The van der Waals surface area contributed by atoms with Crippen molar-refractivity contribution in [1.29, 1.82) is 0 Å². The van der Waals surface area contributed by atoms with E-state index in [0.29, 0.717) is 12.5 Å². The van der Waals surface area contributed by atoms with Crippen LogP contribution in [-0.2, 0) is 28.5 Å². The first-order chi connectivity index (χ1) is 14.1. The van der Waals surface area contributed by atoms with Gasteiger partial charge in [0.05, 0.1) is 25.0 Å². The zero-order valence-corrected chi connectivity index (χ0v) is 19.4. The average molecular weight is 423 g/mol. The lowest BCUT2D eigenvalue weighted by atomic mass is 9.37. The molecule has 6 heteroatoms. The Balaban J connectivity index is 1.88. The zero-order valence-electron chi connectivity index (χ0n) is 19.4. The number of fused-ring (bicyclic) bond motifs is 2. The number of carbonyl (C=O) groups is 2. The van der Waals surface area contributed by atoms with Gasteiger partial charge in [-0.3, -0.25) is 9.59 Å². The van der Waals surface area contributed by atoms with Gasteiger partial charge in [-0.1, -0.05) is 27.2 Å². The Labute approximate surface area is 180 Å². The number of hydrogen-bond acceptors (Lipinski definition) is 6. The van der Waals surface area contributed by atoms with Crippen LogP contribution in [0.4, 0.5) is 0 Å². The fraction of sp³-hybridized carbons (Fsp3) is 0.917. The molecule has 1 spiro atoms. The number of hydrogen-bond donors (Lipinski definition) is 0. The second kappa shape index (κ2) is 7.47. The molecule has 1 heterocycles. The van der Waals surface area contributed by atoms with Crippen LogP contribution in [-0.4, -0.2) is 45.2 Å². The Morgan fingerprint density at radius 2 is 1.77 bits per heavy atom. The van der Waals surface area contributed by atoms with Crippen LogP contribution < -0.4 is 0 Å². The summed E-state index contributed by atoms with van der Waals surface area (Å²) >= 11 is 0. The summed E-state index contributed by atoms with van der Waals surface area (Å²) in [5, 5.41) is 0. The first kappa shape index (κ1) is 22.1. The molecule has 4 aliphatic rings. The number of rotatable bonds is 3. The van der Waals surface area contributed by atoms with E-state index in [9.17, 15) is 9.59 Å². The molecule has 6 nitrogen and oxygen atoms in total. The molecule has 3 saturated carbocycles. The summed E-state index contributed by atoms with van der Waals surface area (Å²) in [6.45, 7) is 9.10. The molecule has 0 aromatic carbocycles. The lowest BCUT2D eigenvalue weighted by Crippen LogP contribution is -2.68. The molecule has 0 bridgehead atoms. The van der Waals surface area contributed by atoms with E-state index in [0.717, 1.165) is 25.7 Å². The SMILES string of the molecule is COC(=O)[C@@H]1CC[C@@H]2[C@@]3(C)CCCC(C)(C)[C@@H]3C[C@@H](OC(C)=O)[C@]23[C@@H](OC)OC[C@H]13. The monoisotopic (exact) mass is 422 g/mol. The third-order valence-corrected chi connectivity index (χ3v) is 9.44. The topological polar surface area (TPSA) is 71.1 Å². The second-order valence-electron chi connectivity index (χ2n) is 11.0. The second-order valence-corrected chi connectivity index (χ2v) is 11.0. The van der Waals surface area contributed by atoms with Crippen molar-refractivity contribution in [2.45, 2.75) is 78.6 Å². The Morgan fingerprint density at radius 1 is 1.03 bits per heavy atom. The lowest BCUT2D eigenvalue weighted by molar-refractivity contribution is -0.280. The summed E-state index contributed by atoms with van der Waals surface area (Å²) in [4.78, 5) is 25.0. The Hall–Kier alpha value is -1.14. The molecule has 30 heavy (non-hydrogen) atoms. The minimum atomic E-state index is -0.518. The van der Waals surface area contributed by atoms with Gasteiger partial charge in [-0.25, -0.2) is 0 Å². The maximum Gasteiger partial charge on any atom is 0.309 e. The van der Waals surface area contributed by atoms with E-state index < -0.39 is 11.7 Å². The Morgan fingerprint density at radius 3 is 2.40 bits per heavy atom. The van der Waals surface area contributed by atoms with Crippen molar-refractivity contribution in [3.8, 4) is 0 Å². The molecule has 170 valence electrons. The molecule has 0 amide bonds. The number of esters is 2. The molecular weight excluding hydrogens is 384 g/mol. The summed E-state index contributed by atoms with van der Waals surface area (Å²) in [6, 6.07) is 0. The normalized spacial score (nSPS) is 46.9. The lowest BCUT2D eigenvalue weighted by Gasteiger charge is -2.67. The molecule has 1 aliphatic heterocycles. The molecule has 0 N–H and O–H groups in total. The minimum Gasteiger partial charge on any atom is -0.469 e. The van der Waals surface area contributed by atoms with Crippen LogP contribution in [0.15, 0.2) is 0 Å². The van der Waals surface area contributed by atoms with E-state index in [-0.39, 0.29) is 46.6 Å². The van der Waals surface area contributed by atoms with Crippen LogP contribution >= 0.6 is 0 Å². The van der Waals surface area contributed by atoms with Crippen LogP contribution in [0.1, 0.15) is 66.2 Å². The van der Waals surface area contributed by atoms with E-state index in [2.05, 4.69) is 20.8 Å². The van der Waals surface area contributed by atoms with Crippen LogP contribution in [0.3, 0.4) is 0 Å². The van der Waals surface area contributed by atoms with E-state index in [1.54, 1.807) is 7.11 Å². The summed E-state index contributed by atoms with van der Waals surface area (Å²) in [5.74, 6) is -0.0535. The third kappa shape index (κ3) is 2.89. The Kier molecular flexibility index (Phi) is 5.50. The zero-order chi connectivity index (χ0) is 21.9. The van der Waals surface area contributed by atoms with Crippen molar-refractivity contribution in [1.82, 2.24) is 0 Å². The summed E-state index contributed by atoms with van der Waals surface area (Å²) < 4.78 is 23.4. The predicted octanol–water partition coefficient (Wildman–Crippen LogP) is 3.96. The highest BCUT2D eigenvalue weighted by molar-refractivity contribution is 5.73. The molecule has 4 fully saturated rings. The molecule has 0 aromatic heterocycles. The highest BCUT2D eigenvalue weighted by Crippen LogP contribution is 2.72. The van der Waals surface area contributed by atoms with Gasteiger partial charge in [0.15, 0.2) is 6.29 Å². The smallest absolute Gasteiger partial charge is 0.309 e. The van der Waals surface area contributed by atoms with Crippen LogP contribution in [0.5, 0.6) is 0 Å². The highest BCUT2D eigenvalue weighted by Gasteiger charge is 2.74. The van der Waals surface area contributed by atoms with E-state index in [1.807, 2.05) is 0 Å². The predicted molar refractivity (Wildman–Crippen MR) is 110 cm³/mol. The van der Waals surface area contributed by atoms with E-state index >= 15 is 0 Å². The summed E-state index contributed by atoms with van der Waals surface area (Å²) in [7, 11) is 3.13. The van der Waals surface area contributed by atoms with Crippen molar-refractivity contribution in [2.75, 3.05) is 20.8 Å². The van der Waals surface area contributed by atoms with Crippen molar-refractivity contribution in [3.63, 3.8) is 0 Å². The number of methoxy groups -OCH3 is 2. The molecule has 0 aromatic rings. The van der Waals surface area contributed by atoms with Gasteiger partial charge in [0, 0.05) is 20.0 Å². The average Bonchev–Trinajstić information content (AvgIpc) is 3.07. The molecule has 0 radical (unpaired) electrons. The van der Waals surface area contributed by atoms with Gasteiger partial charge in [-0.05, 0) is 54.8 Å². The van der Waals surface area contributed by atoms with E-state index in [4.69, 9.17) is 18.9 Å². The number of carbonyl (C=O) groups excluding carboxylic acids is 2. The largest absolute Gasteiger partial charge is 0.469 e. The molecule has 1 saturated heterocycles. The fourth-order valence-electron chi connectivity index (χ4n) is 8.50. The molecule has 8 atom stereocenters. The van der Waals surface area contributed by atoms with Crippen molar-refractivity contribution >= 4 is 11.9 Å². The molecular formula is C24H38O6. The van der Waals surface area contributed by atoms with Gasteiger partial charge in [-0.2, -0.15) is 0 Å². The van der Waals surface area contributed by atoms with Gasteiger partial charge in [-0.15, -0.1) is 0 Å². The molecule has 0 unspecified atom stereocenters. The number of ether oxygens (including phenoxy) is 4. The molecule has 4 rings (SSSR count). The fourth-order valence-corrected chi connectivity index (χ4v) is 8.50. The minimum absolute atomic E-state index is 0.0687. The van der Waals surface area contributed by atoms with Crippen molar-refractivity contribution < 1.29 is 28.5 Å². The highest BCUT2D eigenvalue weighted by atomic mass is 16.7. The first-order valence-electron chi connectivity index (χ1n) is 11.5. The van der Waals surface area contributed by atoms with Gasteiger partial charge in [0.1, 0.15) is 6.10 Å². The summed E-state index contributed by atoms with van der Waals surface area (Å²) in [5.41, 5.74) is -0.234. The van der Waals surface area contributed by atoms with Crippen LogP contribution in [0.2, 0.25) is 0 Å². The third-order valence-electron chi connectivity index (χ3n) is 9.44. The Bertz CT molecular complexity index is 704. The van der Waals surface area contributed by atoms with Gasteiger partial charge >= 0.3 is 11.9 Å². The van der Waals surface area contributed by atoms with Crippen LogP contribution in [0, 0.1) is 39.9 Å².